The zero-order chi connectivity index (χ0) is 36.4. The molecular weight excluding hydrogens is 726 g/mol. The number of carbonyl (C=O) groups excluding carboxylic acids is 2. The Bertz CT molecular complexity index is 1890. The van der Waals surface area contributed by atoms with Gasteiger partial charge < -0.3 is 29.2 Å². The first-order valence-corrected chi connectivity index (χ1v) is 18.0. The molecule has 1 unspecified atom stereocenters. The fourth-order valence-corrected chi connectivity index (χ4v) is 7.26. The van der Waals surface area contributed by atoms with E-state index in [1.54, 1.807) is 12.1 Å². The van der Waals surface area contributed by atoms with Crippen molar-refractivity contribution in [2.75, 3.05) is 39.3 Å². The number of methoxy groups -OCH3 is 4. The Labute approximate surface area is 302 Å². The standard InChI is InChI=1S/C37H42BrN3O8S/c1-25(2)39-37(43)32(20-26-11-8-7-9-12-26)40(23-27-13-10-14-28(38)19-27)36(42)24-41(31-21-29(46-3)15-17-33(31)47-4)50(44,45)30-16-18-34(48-5)35(22-30)49-6/h7-19,21-22,25,32H,20,23-24H2,1-6H3,(H,39,43). The van der Waals surface area contributed by atoms with Gasteiger partial charge in [-0.3, -0.25) is 13.9 Å². The van der Waals surface area contributed by atoms with E-state index in [1.165, 1.54) is 57.6 Å². The van der Waals surface area contributed by atoms with Gasteiger partial charge >= 0.3 is 0 Å². The van der Waals surface area contributed by atoms with Crippen LogP contribution in [0, 0.1) is 0 Å². The fraction of sp³-hybridized carbons (Fsp3) is 0.297. The number of nitrogens with one attached hydrogen (secondary N) is 1. The summed E-state index contributed by atoms with van der Waals surface area (Å²) < 4.78 is 52.8. The number of amides is 2. The third-order valence-corrected chi connectivity index (χ3v) is 10.1. The third kappa shape index (κ3) is 9.27. The van der Waals surface area contributed by atoms with Gasteiger partial charge in [-0.2, -0.15) is 0 Å². The van der Waals surface area contributed by atoms with Gasteiger partial charge in [-0.1, -0.05) is 58.4 Å². The Kier molecular flexibility index (Phi) is 13.1. The lowest BCUT2D eigenvalue weighted by Crippen LogP contribution is -2.54. The highest BCUT2D eigenvalue weighted by molar-refractivity contribution is 9.10. The summed E-state index contributed by atoms with van der Waals surface area (Å²) in [4.78, 5) is 30.0. The van der Waals surface area contributed by atoms with E-state index in [1.807, 2.05) is 68.4 Å². The van der Waals surface area contributed by atoms with Crippen LogP contribution in [0.25, 0.3) is 0 Å². The molecule has 0 heterocycles. The zero-order valence-corrected chi connectivity index (χ0v) is 31.3. The van der Waals surface area contributed by atoms with Crippen molar-refractivity contribution < 1.29 is 37.0 Å². The van der Waals surface area contributed by atoms with Crippen LogP contribution in [0.3, 0.4) is 0 Å². The highest BCUT2D eigenvalue weighted by Crippen LogP contribution is 2.38. The van der Waals surface area contributed by atoms with Gasteiger partial charge in [0, 0.05) is 35.6 Å². The zero-order valence-electron chi connectivity index (χ0n) is 28.9. The van der Waals surface area contributed by atoms with Gasteiger partial charge in [0.25, 0.3) is 10.0 Å². The lowest BCUT2D eigenvalue weighted by Gasteiger charge is -2.34. The van der Waals surface area contributed by atoms with Crippen molar-refractivity contribution in [3.8, 4) is 23.0 Å². The Morgan fingerprint density at radius 1 is 0.760 bits per heavy atom. The maximum Gasteiger partial charge on any atom is 0.265 e. The molecule has 13 heteroatoms. The SMILES string of the molecule is COc1ccc(OC)c(N(CC(=O)N(Cc2cccc(Br)c2)C(Cc2ccccc2)C(=O)NC(C)C)S(=O)(=O)c2ccc(OC)c(OC)c2)c1. The Balaban J connectivity index is 1.90. The molecule has 0 aliphatic carbocycles. The van der Waals surface area contributed by atoms with Crippen LogP contribution < -0.4 is 28.6 Å². The topological polar surface area (TPSA) is 124 Å². The minimum Gasteiger partial charge on any atom is -0.497 e. The lowest BCUT2D eigenvalue weighted by atomic mass is 10.0. The molecule has 2 amide bonds. The molecule has 0 bridgehead atoms. The van der Waals surface area contributed by atoms with E-state index in [2.05, 4.69) is 21.2 Å². The second-order valence-corrected chi connectivity index (χ2v) is 14.4. The highest BCUT2D eigenvalue weighted by Gasteiger charge is 2.36. The van der Waals surface area contributed by atoms with Crippen LogP contribution in [0.1, 0.15) is 25.0 Å². The average molecular weight is 769 g/mol. The van der Waals surface area contributed by atoms with Crippen molar-refractivity contribution in [1.82, 2.24) is 10.2 Å². The summed E-state index contributed by atoms with van der Waals surface area (Å²) in [6.45, 7) is 3.00. The molecule has 0 radical (unpaired) electrons. The largest absolute Gasteiger partial charge is 0.497 e. The van der Waals surface area contributed by atoms with E-state index in [4.69, 9.17) is 18.9 Å². The van der Waals surface area contributed by atoms with Gasteiger partial charge in [-0.05, 0) is 61.4 Å². The van der Waals surface area contributed by atoms with E-state index >= 15 is 0 Å². The van der Waals surface area contributed by atoms with Crippen LogP contribution in [0.15, 0.2) is 100 Å². The number of rotatable bonds is 16. The highest BCUT2D eigenvalue weighted by atomic mass is 79.9. The number of ether oxygens (including phenoxy) is 4. The summed E-state index contributed by atoms with van der Waals surface area (Å²) in [7, 11) is 1.20. The predicted molar refractivity (Wildman–Crippen MR) is 196 cm³/mol. The number of halogens is 1. The van der Waals surface area contributed by atoms with Crippen molar-refractivity contribution in [3.63, 3.8) is 0 Å². The molecule has 0 saturated carbocycles. The number of nitrogens with zero attached hydrogens (tertiary/aromatic N) is 2. The molecule has 0 spiro atoms. The van der Waals surface area contributed by atoms with E-state index in [9.17, 15) is 18.0 Å². The summed E-state index contributed by atoms with van der Waals surface area (Å²) in [6.07, 6.45) is 0.185. The molecular formula is C37H42BrN3O8S. The monoisotopic (exact) mass is 767 g/mol. The average Bonchev–Trinajstić information content (AvgIpc) is 3.11. The third-order valence-electron chi connectivity index (χ3n) is 7.82. The van der Waals surface area contributed by atoms with Gasteiger partial charge in [0.1, 0.15) is 24.1 Å². The summed E-state index contributed by atoms with van der Waals surface area (Å²) in [5, 5.41) is 2.96. The molecule has 0 aliphatic heterocycles. The summed E-state index contributed by atoms with van der Waals surface area (Å²) in [6, 6.07) is 24.4. The molecule has 50 heavy (non-hydrogen) atoms. The van der Waals surface area contributed by atoms with E-state index < -0.39 is 28.5 Å². The molecule has 0 aromatic heterocycles. The molecule has 4 rings (SSSR count). The molecule has 1 N–H and O–H groups in total. The van der Waals surface area contributed by atoms with E-state index in [0.29, 0.717) is 11.5 Å². The number of carbonyl (C=O) groups is 2. The Morgan fingerprint density at radius 2 is 1.42 bits per heavy atom. The Morgan fingerprint density at radius 3 is 2.04 bits per heavy atom. The van der Waals surface area contributed by atoms with Crippen LogP contribution >= 0.6 is 15.9 Å². The van der Waals surface area contributed by atoms with Crippen molar-refractivity contribution in [3.05, 3.63) is 107 Å². The summed E-state index contributed by atoms with van der Waals surface area (Å²) in [5.41, 5.74) is 1.62. The molecule has 0 saturated heterocycles. The number of anilines is 1. The smallest absolute Gasteiger partial charge is 0.265 e. The molecule has 0 aliphatic rings. The van der Waals surface area contributed by atoms with Crippen LogP contribution in [0.4, 0.5) is 5.69 Å². The van der Waals surface area contributed by atoms with Crippen LogP contribution in [-0.4, -0.2) is 72.2 Å². The summed E-state index contributed by atoms with van der Waals surface area (Å²) in [5.74, 6) is 0.0268. The molecule has 266 valence electrons. The second kappa shape index (κ2) is 17.3. The van der Waals surface area contributed by atoms with Crippen LogP contribution in [-0.2, 0) is 32.6 Å². The maximum absolute atomic E-state index is 14.8. The predicted octanol–water partition coefficient (Wildman–Crippen LogP) is 5.84. The van der Waals surface area contributed by atoms with Crippen molar-refractivity contribution in [2.24, 2.45) is 0 Å². The molecule has 4 aromatic carbocycles. The first kappa shape index (κ1) is 38.1. The summed E-state index contributed by atoms with van der Waals surface area (Å²) >= 11 is 3.50. The first-order chi connectivity index (χ1) is 23.9. The van der Waals surface area contributed by atoms with Crippen molar-refractivity contribution in [1.29, 1.82) is 0 Å². The number of hydrogen-bond acceptors (Lipinski definition) is 8. The minimum absolute atomic E-state index is 0.0147. The minimum atomic E-state index is -4.49. The molecule has 4 aromatic rings. The van der Waals surface area contributed by atoms with E-state index in [0.717, 1.165) is 19.9 Å². The van der Waals surface area contributed by atoms with E-state index in [-0.39, 0.29) is 47.0 Å². The Hall–Kier alpha value is -4.75. The van der Waals surface area contributed by atoms with Gasteiger partial charge in [-0.25, -0.2) is 8.42 Å². The molecule has 0 fully saturated rings. The number of hydrogen-bond donors (Lipinski definition) is 1. The normalized spacial score (nSPS) is 11.8. The van der Waals surface area contributed by atoms with Gasteiger partial charge in [0.2, 0.25) is 11.8 Å². The van der Waals surface area contributed by atoms with Gasteiger partial charge in [0.05, 0.1) is 39.0 Å². The van der Waals surface area contributed by atoms with Crippen LogP contribution in [0.5, 0.6) is 23.0 Å². The fourth-order valence-electron chi connectivity index (χ4n) is 5.38. The number of benzene rings is 4. The first-order valence-electron chi connectivity index (χ1n) is 15.8. The van der Waals surface area contributed by atoms with Crippen molar-refractivity contribution >= 4 is 43.5 Å². The molecule has 1 atom stereocenters. The van der Waals surface area contributed by atoms with Crippen LogP contribution in [0.2, 0.25) is 0 Å². The molecule has 11 nitrogen and oxygen atoms in total. The van der Waals surface area contributed by atoms with Gasteiger partial charge in [-0.15, -0.1) is 0 Å². The maximum atomic E-state index is 14.8. The van der Waals surface area contributed by atoms with Crippen molar-refractivity contribution in [2.45, 2.75) is 43.8 Å². The number of sulfonamides is 1. The second-order valence-electron chi connectivity index (χ2n) is 11.6. The quantitative estimate of drug-likeness (QED) is 0.151. The lowest BCUT2D eigenvalue weighted by molar-refractivity contribution is -0.140. The van der Waals surface area contributed by atoms with Gasteiger partial charge in [0.15, 0.2) is 11.5 Å².